The van der Waals surface area contributed by atoms with Crippen molar-refractivity contribution in [2.45, 2.75) is 18.7 Å². The molecule has 0 bridgehead atoms. The van der Waals surface area contributed by atoms with Crippen molar-refractivity contribution < 1.29 is 9.21 Å². The Hall–Kier alpha value is -2.65. The first-order valence-electron chi connectivity index (χ1n) is 8.59. The highest BCUT2D eigenvalue weighted by Crippen LogP contribution is 2.27. The molecule has 0 aliphatic rings. The first-order valence-corrected chi connectivity index (χ1v) is 9.58. The maximum absolute atomic E-state index is 12.7. The van der Waals surface area contributed by atoms with E-state index < -0.39 is 0 Å². The van der Waals surface area contributed by atoms with Crippen LogP contribution in [0.2, 0.25) is 0 Å². The number of aryl methyl sites for hydroxylation is 2. The highest BCUT2D eigenvalue weighted by atomic mass is 32.2. The number of hydrogen-bond acceptors (Lipinski definition) is 2. The van der Waals surface area contributed by atoms with Crippen molar-refractivity contribution in [2.24, 2.45) is 0 Å². The molecule has 1 aromatic heterocycles. The van der Waals surface area contributed by atoms with Gasteiger partial charge in [-0.15, -0.1) is 11.8 Å². The van der Waals surface area contributed by atoms with Gasteiger partial charge >= 0.3 is 11.5 Å². The van der Waals surface area contributed by atoms with Crippen LogP contribution in [0.3, 0.4) is 0 Å². The molecular weight excluding hydrogens is 340 g/mol. The lowest BCUT2D eigenvalue weighted by atomic mass is 9.99. The molecule has 2 nitrogen and oxygen atoms in total. The lowest BCUT2D eigenvalue weighted by Crippen LogP contribution is -2.02. The predicted octanol–water partition coefficient (Wildman–Crippen LogP) is 6.46. The molecule has 0 spiro atoms. The van der Waals surface area contributed by atoms with Crippen LogP contribution in [-0.4, -0.2) is 11.5 Å². The zero-order chi connectivity index (χ0) is 18.1. The molecular formula is C23H19O2S+. The van der Waals surface area contributed by atoms with Gasteiger partial charge in [-0.3, -0.25) is 4.79 Å². The Balaban J connectivity index is 1.59. The number of hydrogen-bond donors (Lipinski definition) is 0. The van der Waals surface area contributed by atoms with Crippen LogP contribution in [0, 0.1) is 13.8 Å². The van der Waals surface area contributed by atoms with Crippen LogP contribution in [0.5, 0.6) is 0 Å². The van der Waals surface area contributed by atoms with Crippen LogP contribution in [0.15, 0.2) is 76.0 Å². The lowest BCUT2D eigenvalue weighted by Gasteiger charge is -2.06. The second-order valence-electron chi connectivity index (χ2n) is 6.45. The zero-order valence-electron chi connectivity index (χ0n) is 14.8. The van der Waals surface area contributed by atoms with Crippen LogP contribution < -0.4 is 0 Å². The molecule has 0 unspecified atom stereocenters. The van der Waals surface area contributed by atoms with Gasteiger partial charge in [-0.25, -0.2) is 4.42 Å². The molecule has 1 heterocycles. The van der Waals surface area contributed by atoms with Gasteiger partial charge in [-0.2, -0.15) is 0 Å². The number of fused-ring (bicyclic) bond motifs is 3. The van der Waals surface area contributed by atoms with E-state index in [2.05, 4.69) is 30.3 Å². The fourth-order valence-corrected chi connectivity index (χ4v) is 4.22. The summed E-state index contributed by atoms with van der Waals surface area (Å²) >= 11 is 1.55. The molecule has 0 aliphatic heterocycles. The Morgan fingerprint density at radius 1 is 0.846 bits per heavy atom. The molecule has 0 saturated carbocycles. The zero-order valence-corrected chi connectivity index (χ0v) is 15.6. The fourth-order valence-electron chi connectivity index (χ4n) is 3.26. The van der Waals surface area contributed by atoms with Crippen LogP contribution in [0.25, 0.3) is 21.5 Å². The monoisotopic (exact) mass is 359 g/mol. The van der Waals surface area contributed by atoms with Gasteiger partial charge in [0.25, 0.3) is 0 Å². The van der Waals surface area contributed by atoms with Gasteiger partial charge in [0, 0.05) is 10.5 Å². The molecule has 3 aromatic carbocycles. The minimum absolute atomic E-state index is 0.140. The van der Waals surface area contributed by atoms with Gasteiger partial charge in [-0.05, 0) is 27.6 Å². The second-order valence-corrected chi connectivity index (χ2v) is 7.50. The van der Waals surface area contributed by atoms with E-state index in [4.69, 9.17) is 4.42 Å². The number of rotatable bonds is 4. The molecule has 0 aliphatic carbocycles. The van der Waals surface area contributed by atoms with Crippen molar-refractivity contribution in [1.82, 2.24) is 0 Å². The normalized spacial score (nSPS) is 11.2. The van der Waals surface area contributed by atoms with Crippen LogP contribution >= 0.6 is 11.8 Å². The van der Waals surface area contributed by atoms with E-state index in [1.807, 2.05) is 50.2 Å². The van der Waals surface area contributed by atoms with Gasteiger partial charge < -0.3 is 0 Å². The highest BCUT2D eigenvalue weighted by Gasteiger charge is 2.12. The van der Waals surface area contributed by atoms with E-state index in [-0.39, 0.29) is 5.78 Å². The van der Waals surface area contributed by atoms with E-state index in [0.717, 1.165) is 27.4 Å². The Morgan fingerprint density at radius 3 is 2.35 bits per heavy atom. The van der Waals surface area contributed by atoms with Crippen molar-refractivity contribution in [2.75, 3.05) is 5.75 Å². The van der Waals surface area contributed by atoms with Crippen molar-refractivity contribution >= 4 is 39.1 Å². The Labute approximate surface area is 156 Å². The van der Waals surface area contributed by atoms with Gasteiger partial charge in [-0.1, -0.05) is 48.5 Å². The highest BCUT2D eigenvalue weighted by molar-refractivity contribution is 8.00. The summed E-state index contributed by atoms with van der Waals surface area (Å²) in [6.07, 6.45) is 0. The first kappa shape index (κ1) is 16.8. The summed E-state index contributed by atoms with van der Waals surface area (Å²) < 4.78 is 5.49. The summed E-state index contributed by atoms with van der Waals surface area (Å²) in [5.41, 5.74) is 0.759. The number of ketones is 1. The topological polar surface area (TPSA) is 28.4 Å². The van der Waals surface area contributed by atoms with Gasteiger partial charge in [0.1, 0.15) is 0 Å². The molecule has 0 radical (unpaired) electrons. The average molecular weight is 359 g/mol. The molecule has 0 amide bonds. The van der Waals surface area contributed by atoms with E-state index in [1.54, 1.807) is 11.8 Å². The van der Waals surface area contributed by atoms with Gasteiger partial charge in [0.15, 0.2) is 5.78 Å². The minimum atomic E-state index is 0.140. The first-order chi connectivity index (χ1) is 12.6. The average Bonchev–Trinajstić information content (AvgIpc) is 2.65. The number of thioether (sulfide) groups is 1. The van der Waals surface area contributed by atoms with E-state index in [9.17, 15) is 4.79 Å². The molecule has 0 atom stereocenters. The summed E-state index contributed by atoms with van der Waals surface area (Å²) in [5.74, 6) is 2.28. The second kappa shape index (κ2) is 6.93. The Kier molecular flexibility index (Phi) is 4.48. The molecule has 4 aromatic rings. The third-order valence-electron chi connectivity index (χ3n) is 4.45. The fraction of sp³-hybridized carbons (Fsp3) is 0.130. The molecule has 26 heavy (non-hydrogen) atoms. The van der Waals surface area contributed by atoms with E-state index >= 15 is 0 Å². The van der Waals surface area contributed by atoms with Crippen molar-refractivity contribution in [3.8, 4) is 0 Å². The van der Waals surface area contributed by atoms with Crippen LogP contribution in [-0.2, 0) is 0 Å². The van der Waals surface area contributed by atoms with E-state index in [1.165, 1.54) is 16.2 Å². The molecule has 0 N–H and O–H groups in total. The number of carbonyl (C=O) groups is 1. The smallest absolute Gasteiger partial charge is 0.293 e. The summed E-state index contributed by atoms with van der Waals surface area (Å²) in [6.45, 7) is 3.85. The largest absolute Gasteiger partial charge is 0.327 e. The maximum atomic E-state index is 12.7. The summed E-state index contributed by atoms with van der Waals surface area (Å²) in [5, 5.41) is 4.72. The van der Waals surface area contributed by atoms with Crippen molar-refractivity contribution in [1.29, 1.82) is 0 Å². The molecule has 128 valence electrons. The minimum Gasteiger partial charge on any atom is -0.293 e. The third-order valence-corrected chi connectivity index (χ3v) is 5.43. The summed E-state index contributed by atoms with van der Waals surface area (Å²) in [6, 6.07) is 22.5. The third kappa shape index (κ3) is 3.35. The molecule has 0 fully saturated rings. The summed E-state index contributed by atoms with van der Waals surface area (Å²) in [4.78, 5) is 13.7. The standard InChI is InChI=1S/C23H19O2S/c1-15-11-20(12-16(2)25-15)26-14-23(24)19-9-10-22-18(13-19)8-7-17-5-3-4-6-21(17)22/h3-13H,14H2,1-2H3/q+1. The molecule has 3 heteroatoms. The van der Waals surface area contributed by atoms with E-state index in [0.29, 0.717) is 5.75 Å². The van der Waals surface area contributed by atoms with Crippen LogP contribution in [0.1, 0.15) is 21.9 Å². The van der Waals surface area contributed by atoms with Crippen molar-refractivity contribution in [3.05, 3.63) is 83.8 Å². The summed E-state index contributed by atoms with van der Waals surface area (Å²) in [7, 11) is 0. The maximum Gasteiger partial charge on any atom is 0.327 e. The van der Waals surface area contributed by atoms with Gasteiger partial charge in [0.2, 0.25) is 0 Å². The Morgan fingerprint density at radius 2 is 1.54 bits per heavy atom. The lowest BCUT2D eigenvalue weighted by molar-refractivity contribution is 0.102. The van der Waals surface area contributed by atoms with Crippen molar-refractivity contribution in [3.63, 3.8) is 0 Å². The Bertz CT molecular complexity index is 1110. The SMILES string of the molecule is Cc1cc(SCC(=O)c2ccc3c(ccc4ccccc43)c2)cc(C)[o+]1. The number of benzene rings is 3. The predicted molar refractivity (Wildman–Crippen MR) is 109 cm³/mol. The number of carbonyl (C=O) groups excluding carboxylic acids is 1. The quantitative estimate of drug-likeness (QED) is 0.181. The number of Topliss-reactive ketones (excluding diaryl/α,β-unsaturated/α-hetero) is 1. The molecule has 0 saturated heterocycles. The van der Waals surface area contributed by atoms with Crippen LogP contribution in [0.4, 0.5) is 0 Å². The molecule has 4 rings (SSSR count). The van der Waals surface area contributed by atoms with Gasteiger partial charge in [0.05, 0.1) is 31.7 Å².